The second kappa shape index (κ2) is 7.79. The first kappa shape index (κ1) is 16.4. The van der Waals surface area contributed by atoms with Crippen LogP contribution in [0.5, 0.6) is 0 Å². The molecule has 0 heterocycles. The van der Waals surface area contributed by atoms with E-state index in [1.165, 1.54) is 14.2 Å². The Morgan fingerprint density at radius 3 is 2.05 bits per heavy atom. The summed E-state index contributed by atoms with van der Waals surface area (Å²) in [5, 5.41) is 0. The van der Waals surface area contributed by atoms with E-state index in [0.717, 1.165) is 4.47 Å². The molecule has 1 rings (SSSR count). The van der Waals surface area contributed by atoms with Crippen LogP contribution in [-0.4, -0.2) is 32.4 Å². The average molecular weight is 343 g/mol. The van der Waals surface area contributed by atoms with Gasteiger partial charge < -0.3 is 14.3 Å². The zero-order valence-electron chi connectivity index (χ0n) is 11.2. The van der Waals surface area contributed by atoms with Crippen molar-refractivity contribution in [2.75, 3.05) is 14.2 Å². The lowest BCUT2D eigenvalue weighted by atomic mass is 9.84. The van der Waals surface area contributed by atoms with Gasteiger partial charge in [0, 0.05) is 16.8 Å². The Bertz CT molecular complexity index is 467. The van der Waals surface area contributed by atoms with Crippen LogP contribution in [0.2, 0.25) is 0 Å². The highest BCUT2D eigenvalue weighted by atomic mass is 79.9. The summed E-state index contributed by atoms with van der Waals surface area (Å²) in [4.78, 5) is 34.5. The normalized spacial score (nSPS) is 11.8. The van der Waals surface area contributed by atoms with E-state index in [1.54, 1.807) is 24.3 Å². The van der Waals surface area contributed by atoms with Crippen LogP contribution in [0.15, 0.2) is 28.7 Å². The van der Waals surface area contributed by atoms with E-state index in [2.05, 4.69) is 25.4 Å². The molecule has 0 aromatic heterocycles. The molecule has 0 fully saturated rings. The lowest BCUT2D eigenvalue weighted by molar-refractivity contribution is -0.160. The van der Waals surface area contributed by atoms with Crippen molar-refractivity contribution in [2.45, 2.75) is 12.3 Å². The maximum absolute atomic E-state index is 11.8. The van der Waals surface area contributed by atoms with E-state index >= 15 is 0 Å². The topological polar surface area (TPSA) is 69.7 Å². The highest BCUT2D eigenvalue weighted by Crippen LogP contribution is 2.30. The van der Waals surface area contributed by atoms with Crippen LogP contribution in [0, 0.1) is 5.92 Å². The number of rotatable bonds is 6. The molecule has 0 aliphatic heterocycles. The smallest absolute Gasteiger partial charge is 0.320 e. The fourth-order valence-electron chi connectivity index (χ4n) is 1.96. The number of esters is 2. The molecule has 108 valence electrons. The minimum atomic E-state index is -1.16. The van der Waals surface area contributed by atoms with Gasteiger partial charge in [0.15, 0.2) is 5.92 Å². The van der Waals surface area contributed by atoms with E-state index in [0.29, 0.717) is 11.8 Å². The second-order valence-corrected chi connectivity index (χ2v) is 5.00. The first-order chi connectivity index (χ1) is 9.54. The number of halogens is 1. The Balaban J connectivity index is 3.19. The summed E-state index contributed by atoms with van der Waals surface area (Å²) < 4.78 is 10.1. The molecule has 0 aliphatic rings. The average Bonchev–Trinajstić information content (AvgIpc) is 2.47. The van der Waals surface area contributed by atoms with Crippen LogP contribution in [0.25, 0.3) is 0 Å². The summed E-state index contributed by atoms with van der Waals surface area (Å²) in [6.45, 7) is 0. The number of hydrogen-bond donors (Lipinski definition) is 0. The molecule has 0 spiro atoms. The first-order valence-electron chi connectivity index (χ1n) is 5.89. The van der Waals surface area contributed by atoms with Crippen molar-refractivity contribution < 1.29 is 23.9 Å². The summed E-state index contributed by atoms with van der Waals surface area (Å²) in [5.41, 5.74) is 0.695. The maximum Gasteiger partial charge on any atom is 0.320 e. The van der Waals surface area contributed by atoms with Crippen LogP contribution in [-0.2, 0) is 23.9 Å². The lowest BCUT2D eigenvalue weighted by Gasteiger charge is -2.22. The molecule has 20 heavy (non-hydrogen) atoms. The van der Waals surface area contributed by atoms with Gasteiger partial charge in [0.1, 0.15) is 6.29 Å². The van der Waals surface area contributed by atoms with Gasteiger partial charge in [-0.1, -0.05) is 28.1 Å². The van der Waals surface area contributed by atoms with Crippen molar-refractivity contribution in [3.8, 4) is 0 Å². The predicted octanol–water partition coefficient (Wildman–Crippen LogP) is 2.08. The van der Waals surface area contributed by atoms with Crippen LogP contribution < -0.4 is 0 Å². The molecule has 0 saturated heterocycles. The number of hydrogen-bond acceptors (Lipinski definition) is 5. The molecule has 0 saturated carbocycles. The standard InChI is InChI=1S/C14H15BrO5/c1-19-13(17)12(14(18)20-2)11(7-8-16)9-3-5-10(15)6-4-9/h3-6,8,11-12H,7H2,1-2H3. The fraction of sp³-hybridized carbons (Fsp3) is 0.357. The van der Waals surface area contributed by atoms with Crippen molar-refractivity contribution in [3.63, 3.8) is 0 Å². The van der Waals surface area contributed by atoms with Crippen molar-refractivity contribution in [1.29, 1.82) is 0 Å². The van der Waals surface area contributed by atoms with Gasteiger partial charge >= 0.3 is 11.9 Å². The van der Waals surface area contributed by atoms with Gasteiger partial charge in [0.25, 0.3) is 0 Å². The summed E-state index contributed by atoms with van der Waals surface area (Å²) in [7, 11) is 2.38. The van der Waals surface area contributed by atoms with Gasteiger partial charge in [-0.2, -0.15) is 0 Å². The Hall–Kier alpha value is -1.69. The molecular formula is C14H15BrO5. The molecule has 1 unspecified atom stereocenters. The largest absolute Gasteiger partial charge is 0.468 e. The summed E-state index contributed by atoms with van der Waals surface area (Å²) >= 11 is 3.30. The van der Waals surface area contributed by atoms with E-state index in [-0.39, 0.29) is 6.42 Å². The zero-order chi connectivity index (χ0) is 15.1. The third-order valence-electron chi connectivity index (χ3n) is 2.96. The minimum absolute atomic E-state index is 0.0243. The van der Waals surface area contributed by atoms with Gasteiger partial charge in [-0.15, -0.1) is 0 Å². The summed E-state index contributed by atoms with van der Waals surface area (Å²) in [6, 6.07) is 7.05. The number of methoxy groups -OCH3 is 2. The van der Waals surface area contributed by atoms with Crippen molar-refractivity contribution >= 4 is 34.2 Å². The van der Waals surface area contributed by atoms with Gasteiger partial charge in [-0.3, -0.25) is 9.59 Å². The molecule has 0 N–H and O–H groups in total. The van der Waals surface area contributed by atoms with Crippen molar-refractivity contribution in [1.82, 2.24) is 0 Å². The molecule has 1 atom stereocenters. The SMILES string of the molecule is COC(=O)C(C(=O)OC)C(CC=O)c1ccc(Br)cc1. The Labute approximate surface area is 125 Å². The highest BCUT2D eigenvalue weighted by Gasteiger charge is 2.37. The number of carbonyl (C=O) groups excluding carboxylic acids is 3. The Morgan fingerprint density at radius 1 is 1.15 bits per heavy atom. The van der Waals surface area contributed by atoms with E-state index in [9.17, 15) is 14.4 Å². The molecule has 0 amide bonds. The quantitative estimate of drug-likeness (QED) is 0.449. The van der Waals surface area contributed by atoms with Crippen molar-refractivity contribution in [2.24, 2.45) is 5.92 Å². The number of aldehydes is 1. The third kappa shape index (κ3) is 3.90. The van der Waals surface area contributed by atoms with Gasteiger partial charge in [-0.05, 0) is 17.7 Å². The Kier molecular flexibility index (Phi) is 6.38. The summed E-state index contributed by atoms with van der Waals surface area (Å²) in [5.74, 6) is -3.20. The van der Waals surface area contributed by atoms with E-state index in [4.69, 9.17) is 0 Å². The first-order valence-corrected chi connectivity index (χ1v) is 6.69. The van der Waals surface area contributed by atoms with E-state index < -0.39 is 23.8 Å². The van der Waals surface area contributed by atoms with E-state index in [1.807, 2.05) is 0 Å². The van der Waals surface area contributed by atoms with Crippen LogP contribution in [0.1, 0.15) is 17.9 Å². The number of benzene rings is 1. The zero-order valence-corrected chi connectivity index (χ0v) is 12.8. The lowest BCUT2D eigenvalue weighted by Crippen LogP contribution is -2.32. The molecule has 6 heteroatoms. The molecular weight excluding hydrogens is 328 g/mol. The molecule has 1 aromatic rings. The maximum atomic E-state index is 11.8. The van der Waals surface area contributed by atoms with Gasteiger partial charge in [0.05, 0.1) is 14.2 Å². The molecule has 1 aromatic carbocycles. The Morgan fingerprint density at radius 2 is 1.65 bits per heavy atom. The molecule has 5 nitrogen and oxygen atoms in total. The minimum Gasteiger partial charge on any atom is -0.468 e. The molecule has 0 bridgehead atoms. The van der Waals surface area contributed by atoms with Gasteiger partial charge in [0.2, 0.25) is 0 Å². The molecule has 0 radical (unpaired) electrons. The van der Waals surface area contributed by atoms with Crippen LogP contribution >= 0.6 is 15.9 Å². The number of carbonyl (C=O) groups is 3. The summed E-state index contributed by atoms with van der Waals surface area (Å²) in [6.07, 6.45) is 0.697. The predicted molar refractivity (Wildman–Crippen MR) is 75.1 cm³/mol. The molecule has 0 aliphatic carbocycles. The van der Waals surface area contributed by atoms with Crippen LogP contribution in [0.4, 0.5) is 0 Å². The monoisotopic (exact) mass is 342 g/mol. The highest BCUT2D eigenvalue weighted by molar-refractivity contribution is 9.10. The fourth-order valence-corrected chi connectivity index (χ4v) is 2.22. The number of ether oxygens (including phenoxy) is 2. The van der Waals surface area contributed by atoms with Crippen LogP contribution in [0.3, 0.4) is 0 Å². The second-order valence-electron chi connectivity index (χ2n) is 4.08. The third-order valence-corrected chi connectivity index (χ3v) is 3.49. The van der Waals surface area contributed by atoms with Crippen molar-refractivity contribution in [3.05, 3.63) is 34.3 Å². The van der Waals surface area contributed by atoms with Gasteiger partial charge in [-0.25, -0.2) is 0 Å².